The van der Waals surface area contributed by atoms with Gasteiger partial charge in [-0.15, -0.1) is 0 Å². The lowest BCUT2D eigenvalue weighted by atomic mass is 10.1. The largest absolute Gasteiger partial charge is 0.465 e. The fourth-order valence-electron chi connectivity index (χ4n) is 0.903. The molecule has 0 aliphatic carbocycles. The van der Waals surface area contributed by atoms with Gasteiger partial charge in [-0.1, -0.05) is 6.58 Å². The third-order valence-electron chi connectivity index (χ3n) is 1.65. The van der Waals surface area contributed by atoms with E-state index < -0.39 is 0 Å². The number of methoxy groups -OCH3 is 1. The minimum Gasteiger partial charge on any atom is -0.465 e. The van der Waals surface area contributed by atoms with E-state index in [0.717, 1.165) is 11.1 Å². The number of hydrogen-bond acceptors (Lipinski definition) is 3. The van der Waals surface area contributed by atoms with Crippen LogP contribution in [0, 0.1) is 0 Å². The summed E-state index contributed by atoms with van der Waals surface area (Å²) in [4.78, 5) is 15.0. The highest BCUT2D eigenvalue weighted by atomic mass is 16.5. The number of esters is 1. The van der Waals surface area contributed by atoms with Gasteiger partial charge >= 0.3 is 5.97 Å². The van der Waals surface area contributed by atoms with Gasteiger partial charge in [-0.05, 0) is 24.1 Å². The van der Waals surface area contributed by atoms with Gasteiger partial charge in [0.1, 0.15) is 0 Å². The molecule has 0 aromatic carbocycles. The lowest BCUT2D eigenvalue weighted by Gasteiger charge is -2.01. The Morgan fingerprint density at radius 1 is 1.46 bits per heavy atom. The molecule has 0 bridgehead atoms. The number of allylic oxidation sites excluding steroid dienone is 1. The second-order valence-corrected chi connectivity index (χ2v) is 2.73. The summed E-state index contributed by atoms with van der Waals surface area (Å²) in [6, 6.07) is 1.71. The Bertz CT molecular complexity index is 345. The number of rotatable bonds is 2. The Labute approximate surface area is 77.1 Å². The van der Waals surface area contributed by atoms with Crippen molar-refractivity contribution in [2.24, 2.45) is 0 Å². The minimum atomic E-state index is -0.379. The molecule has 0 saturated heterocycles. The van der Waals surface area contributed by atoms with E-state index in [9.17, 15) is 4.79 Å². The van der Waals surface area contributed by atoms with E-state index in [1.165, 1.54) is 13.3 Å². The molecule has 0 amide bonds. The molecule has 68 valence electrons. The van der Waals surface area contributed by atoms with Crippen LogP contribution >= 0.6 is 0 Å². The van der Waals surface area contributed by atoms with E-state index in [4.69, 9.17) is 0 Å². The van der Waals surface area contributed by atoms with Gasteiger partial charge in [0.2, 0.25) is 0 Å². The Balaban J connectivity index is 3.05. The number of carbonyl (C=O) groups excluding carboxylic acids is 1. The number of hydrogen-bond donors (Lipinski definition) is 0. The summed E-state index contributed by atoms with van der Waals surface area (Å²) in [5, 5.41) is 0. The molecule has 1 aromatic rings. The van der Waals surface area contributed by atoms with Crippen molar-refractivity contribution in [2.45, 2.75) is 6.92 Å². The number of aromatic nitrogens is 1. The smallest absolute Gasteiger partial charge is 0.339 e. The Morgan fingerprint density at radius 2 is 2.08 bits per heavy atom. The summed E-state index contributed by atoms with van der Waals surface area (Å²) >= 11 is 0. The van der Waals surface area contributed by atoms with Crippen LogP contribution < -0.4 is 0 Å². The van der Waals surface area contributed by atoms with Crippen LogP contribution in [0.15, 0.2) is 25.0 Å². The average molecular weight is 177 g/mol. The topological polar surface area (TPSA) is 39.2 Å². The van der Waals surface area contributed by atoms with Gasteiger partial charge in [-0.3, -0.25) is 4.98 Å². The van der Waals surface area contributed by atoms with Crippen LogP contribution in [0.5, 0.6) is 0 Å². The molecule has 0 aliphatic rings. The van der Waals surface area contributed by atoms with Gasteiger partial charge in [0, 0.05) is 12.4 Å². The molecule has 0 spiro atoms. The predicted octanol–water partition coefficient (Wildman–Crippen LogP) is 1.90. The molecule has 1 aromatic heterocycles. The van der Waals surface area contributed by atoms with E-state index in [1.807, 2.05) is 6.92 Å². The molecule has 1 rings (SSSR count). The number of pyridine rings is 1. The van der Waals surface area contributed by atoms with E-state index in [2.05, 4.69) is 16.3 Å². The molecule has 0 saturated carbocycles. The van der Waals surface area contributed by atoms with Crippen LogP contribution in [0.1, 0.15) is 22.8 Å². The van der Waals surface area contributed by atoms with Crippen molar-refractivity contribution in [2.75, 3.05) is 7.11 Å². The molecule has 0 unspecified atom stereocenters. The van der Waals surface area contributed by atoms with E-state index in [1.54, 1.807) is 12.3 Å². The van der Waals surface area contributed by atoms with Crippen molar-refractivity contribution >= 4 is 11.5 Å². The van der Waals surface area contributed by atoms with Crippen LogP contribution in [-0.2, 0) is 4.74 Å². The highest BCUT2D eigenvalue weighted by Gasteiger charge is 2.06. The van der Waals surface area contributed by atoms with Crippen molar-refractivity contribution in [1.29, 1.82) is 0 Å². The lowest BCUT2D eigenvalue weighted by molar-refractivity contribution is 0.0600. The molecule has 0 radical (unpaired) electrons. The van der Waals surface area contributed by atoms with Gasteiger partial charge in [-0.25, -0.2) is 4.79 Å². The minimum absolute atomic E-state index is 0.379. The Morgan fingerprint density at radius 3 is 2.62 bits per heavy atom. The maximum Gasteiger partial charge on any atom is 0.339 e. The standard InChI is InChI=1S/C10H11NO2/c1-7(2)8-4-9(6-11-5-8)10(12)13-3/h4-6H,1H2,2-3H3. The zero-order chi connectivity index (χ0) is 9.84. The van der Waals surface area contributed by atoms with Gasteiger partial charge in [0.05, 0.1) is 12.7 Å². The average Bonchev–Trinajstić information content (AvgIpc) is 2.17. The summed E-state index contributed by atoms with van der Waals surface area (Å²) in [5.41, 5.74) is 2.17. The molecule has 13 heavy (non-hydrogen) atoms. The van der Waals surface area contributed by atoms with E-state index in [0.29, 0.717) is 5.56 Å². The summed E-state index contributed by atoms with van der Waals surface area (Å²) in [7, 11) is 1.34. The van der Waals surface area contributed by atoms with E-state index in [-0.39, 0.29) is 5.97 Å². The summed E-state index contributed by atoms with van der Waals surface area (Å²) in [5.74, 6) is -0.379. The van der Waals surface area contributed by atoms with Crippen molar-refractivity contribution in [3.8, 4) is 0 Å². The zero-order valence-electron chi connectivity index (χ0n) is 7.70. The fraction of sp³-hybridized carbons (Fsp3) is 0.200. The molecule has 0 fully saturated rings. The first kappa shape index (κ1) is 9.45. The molecular formula is C10H11NO2. The van der Waals surface area contributed by atoms with Crippen LogP contribution in [0.2, 0.25) is 0 Å². The zero-order valence-corrected chi connectivity index (χ0v) is 7.70. The third kappa shape index (κ3) is 2.15. The van der Waals surface area contributed by atoms with Crippen LogP contribution in [-0.4, -0.2) is 18.1 Å². The van der Waals surface area contributed by atoms with Crippen molar-refractivity contribution in [3.05, 3.63) is 36.2 Å². The Kier molecular flexibility index (Phi) is 2.80. The first-order chi connectivity index (χ1) is 6.15. The fourth-order valence-corrected chi connectivity index (χ4v) is 0.903. The van der Waals surface area contributed by atoms with Crippen LogP contribution in [0.3, 0.4) is 0 Å². The van der Waals surface area contributed by atoms with Crippen molar-refractivity contribution in [3.63, 3.8) is 0 Å². The quantitative estimate of drug-likeness (QED) is 0.647. The number of nitrogens with zero attached hydrogens (tertiary/aromatic N) is 1. The molecule has 0 N–H and O–H groups in total. The second-order valence-electron chi connectivity index (χ2n) is 2.73. The molecule has 3 heteroatoms. The maximum atomic E-state index is 11.1. The second kappa shape index (κ2) is 3.85. The van der Waals surface area contributed by atoms with Crippen LogP contribution in [0.25, 0.3) is 5.57 Å². The molecular weight excluding hydrogens is 166 g/mol. The van der Waals surface area contributed by atoms with E-state index >= 15 is 0 Å². The van der Waals surface area contributed by atoms with Crippen molar-refractivity contribution in [1.82, 2.24) is 4.98 Å². The number of carbonyl (C=O) groups is 1. The van der Waals surface area contributed by atoms with Crippen molar-refractivity contribution < 1.29 is 9.53 Å². The maximum absolute atomic E-state index is 11.1. The highest BCUT2D eigenvalue weighted by molar-refractivity contribution is 5.89. The molecule has 1 heterocycles. The lowest BCUT2D eigenvalue weighted by Crippen LogP contribution is -2.02. The van der Waals surface area contributed by atoms with Gasteiger partial charge < -0.3 is 4.74 Å². The first-order valence-corrected chi connectivity index (χ1v) is 3.84. The normalized spacial score (nSPS) is 9.38. The van der Waals surface area contributed by atoms with Crippen LogP contribution in [0.4, 0.5) is 0 Å². The highest BCUT2D eigenvalue weighted by Crippen LogP contribution is 2.11. The SMILES string of the molecule is C=C(C)c1cncc(C(=O)OC)c1. The summed E-state index contributed by atoms with van der Waals surface area (Å²) < 4.78 is 4.56. The van der Waals surface area contributed by atoms with Gasteiger partial charge in [0.15, 0.2) is 0 Å². The summed E-state index contributed by atoms with van der Waals surface area (Å²) in [6.45, 7) is 5.62. The molecule has 0 atom stereocenters. The molecule has 0 aliphatic heterocycles. The first-order valence-electron chi connectivity index (χ1n) is 3.84. The number of ether oxygens (including phenoxy) is 1. The monoisotopic (exact) mass is 177 g/mol. The van der Waals surface area contributed by atoms with Gasteiger partial charge in [-0.2, -0.15) is 0 Å². The summed E-state index contributed by atoms with van der Waals surface area (Å²) in [6.07, 6.45) is 3.13. The van der Waals surface area contributed by atoms with Gasteiger partial charge in [0.25, 0.3) is 0 Å². The predicted molar refractivity (Wildman–Crippen MR) is 50.3 cm³/mol. The Hall–Kier alpha value is -1.64. The molecule has 3 nitrogen and oxygen atoms in total. The third-order valence-corrected chi connectivity index (χ3v) is 1.65.